The third-order valence-electron chi connectivity index (χ3n) is 4.11. The Bertz CT molecular complexity index is 278. The van der Waals surface area contributed by atoms with E-state index >= 15 is 0 Å². The highest BCUT2D eigenvalue weighted by molar-refractivity contribution is 5.81. The number of ketones is 1. The van der Waals surface area contributed by atoms with Gasteiger partial charge in [0.15, 0.2) is 0 Å². The Morgan fingerprint density at radius 1 is 1.36 bits per heavy atom. The summed E-state index contributed by atoms with van der Waals surface area (Å²) in [5.41, 5.74) is -0.410. The highest BCUT2D eigenvalue weighted by Gasteiger charge is 2.58. The van der Waals surface area contributed by atoms with Crippen LogP contribution in [0, 0.1) is 16.7 Å². The third kappa shape index (κ3) is 1.45. The number of carbonyl (C=O) groups excluding carboxylic acids is 1. The molecule has 0 aromatic carbocycles. The Morgan fingerprint density at radius 2 is 1.86 bits per heavy atom. The van der Waals surface area contributed by atoms with Crippen molar-refractivity contribution in [3.63, 3.8) is 0 Å². The van der Waals surface area contributed by atoms with Crippen molar-refractivity contribution in [1.82, 2.24) is 0 Å². The minimum atomic E-state index is -0.775. The zero-order valence-corrected chi connectivity index (χ0v) is 9.26. The summed E-state index contributed by atoms with van der Waals surface area (Å²) in [7, 11) is 0. The average molecular weight is 198 g/mol. The van der Waals surface area contributed by atoms with Gasteiger partial charge in [-0.05, 0) is 24.2 Å². The molecule has 1 N–H and O–H groups in total. The van der Waals surface area contributed by atoms with Crippen LogP contribution in [0.1, 0.15) is 40.5 Å². The largest absolute Gasteiger partial charge is 0.481 e. The van der Waals surface area contributed by atoms with E-state index in [2.05, 4.69) is 0 Å². The SMILES string of the molecule is CC(=O)C1CC(C)(CC(=O)O)C1(C)C. The summed E-state index contributed by atoms with van der Waals surface area (Å²) in [6.07, 6.45) is 0.866. The summed E-state index contributed by atoms with van der Waals surface area (Å²) < 4.78 is 0. The molecular weight excluding hydrogens is 180 g/mol. The van der Waals surface area contributed by atoms with Gasteiger partial charge < -0.3 is 5.11 Å². The van der Waals surface area contributed by atoms with Crippen molar-refractivity contribution in [3.05, 3.63) is 0 Å². The number of carboxylic acid groups (broad SMARTS) is 1. The average Bonchev–Trinajstić information content (AvgIpc) is 1.98. The van der Waals surface area contributed by atoms with E-state index in [1.165, 1.54) is 0 Å². The molecule has 0 radical (unpaired) electrons. The molecule has 14 heavy (non-hydrogen) atoms. The predicted octanol–water partition coefficient (Wildman–Crippen LogP) is 2.10. The molecular formula is C11H18O3. The summed E-state index contributed by atoms with van der Waals surface area (Å²) in [6, 6.07) is 0. The molecule has 0 bridgehead atoms. The first-order valence-electron chi connectivity index (χ1n) is 4.93. The van der Waals surface area contributed by atoms with Crippen LogP contribution in [-0.4, -0.2) is 16.9 Å². The fourth-order valence-corrected chi connectivity index (χ4v) is 2.54. The Balaban J connectivity index is 2.79. The first-order chi connectivity index (χ1) is 6.21. The molecule has 2 atom stereocenters. The van der Waals surface area contributed by atoms with E-state index in [9.17, 15) is 9.59 Å². The van der Waals surface area contributed by atoms with Crippen LogP contribution < -0.4 is 0 Å². The second-order valence-corrected chi connectivity index (χ2v) is 5.22. The van der Waals surface area contributed by atoms with Crippen molar-refractivity contribution >= 4 is 11.8 Å². The van der Waals surface area contributed by atoms with Crippen molar-refractivity contribution in [3.8, 4) is 0 Å². The minimum Gasteiger partial charge on any atom is -0.481 e. The van der Waals surface area contributed by atoms with Gasteiger partial charge in [-0.15, -0.1) is 0 Å². The zero-order valence-electron chi connectivity index (χ0n) is 9.26. The maximum absolute atomic E-state index is 11.3. The third-order valence-corrected chi connectivity index (χ3v) is 4.11. The molecule has 80 valence electrons. The number of carbonyl (C=O) groups is 2. The van der Waals surface area contributed by atoms with E-state index in [4.69, 9.17) is 5.11 Å². The van der Waals surface area contributed by atoms with Crippen LogP contribution in [0.15, 0.2) is 0 Å². The van der Waals surface area contributed by atoms with Crippen LogP contribution in [0.4, 0.5) is 0 Å². The van der Waals surface area contributed by atoms with E-state index in [1.807, 2.05) is 20.8 Å². The molecule has 1 aliphatic rings. The van der Waals surface area contributed by atoms with E-state index in [0.717, 1.165) is 0 Å². The van der Waals surface area contributed by atoms with Crippen LogP contribution in [0.25, 0.3) is 0 Å². The number of Topliss-reactive ketones (excluding diaryl/α,β-unsaturated/α-hetero) is 1. The van der Waals surface area contributed by atoms with Gasteiger partial charge in [-0.25, -0.2) is 0 Å². The highest BCUT2D eigenvalue weighted by atomic mass is 16.4. The maximum atomic E-state index is 11.3. The van der Waals surface area contributed by atoms with Gasteiger partial charge in [0.2, 0.25) is 0 Å². The fourth-order valence-electron chi connectivity index (χ4n) is 2.54. The molecule has 3 heteroatoms. The highest BCUT2D eigenvalue weighted by Crippen LogP contribution is 2.62. The van der Waals surface area contributed by atoms with Gasteiger partial charge >= 0.3 is 5.97 Å². The van der Waals surface area contributed by atoms with Gasteiger partial charge in [0, 0.05) is 5.92 Å². The quantitative estimate of drug-likeness (QED) is 0.755. The van der Waals surface area contributed by atoms with Crippen molar-refractivity contribution in [2.24, 2.45) is 16.7 Å². The molecule has 0 heterocycles. The molecule has 1 fully saturated rings. The molecule has 3 nitrogen and oxygen atoms in total. The maximum Gasteiger partial charge on any atom is 0.303 e. The summed E-state index contributed by atoms with van der Waals surface area (Å²) in [5.74, 6) is -0.563. The van der Waals surface area contributed by atoms with Crippen LogP contribution in [-0.2, 0) is 9.59 Å². The lowest BCUT2D eigenvalue weighted by molar-refractivity contribution is -0.165. The van der Waals surface area contributed by atoms with Crippen molar-refractivity contribution in [2.75, 3.05) is 0 Å². The summed E-state index contributed by atoms with van der Waals surface area (Å²) in [6.45, 7) is 7.53. The lowest BCUT2D eigenvalue weighted by Gasteiger charge is -2.59. The standard InChI is InChI=1S/C11H18O3/c1-7(12)8-5-11(4,6-9(13)14)10(8,2)3/h8H,5-6H2,1-4H3,(H,13,14). The van der Waals surface area contributed by atoms with Gasteiger partial charge in [0.1, 0.15) is 5.78 Å². The molecule has 0 amide bonds. The second-order valence-electron chi connectivity index (χ2n) is 5.22. The molecule has 0 aliphatic heterocycles. The molecule has 0 aromatic heterocycles. The van der Waals surface area contributed by atoms with Gasteiger partial charge in [-0.3, -0.25) is 9.59 Å². The lowest BCUT2D eigenvalue weighted by atomic mass is 9.44. The predicted molar refractivity (Wildman–Crippen MR) is 52.9 cm³/mol. The summed E-state index contributed by atoms with van der Waals surface area (Å²) in [4.78, 5) is 22.0. The van der Waals surface area contributed by atoms with Gasteiger partial charge in [0.05, 0.1) is 6.42 Å². The van der Waals surface area contributed by atoms with Crippen LogP contribution in [0.5, 0.6) is 0 Å². The Labute approximate surface area is 84.5 Å². The fraction of sp³-hybridized carbons (Fsp3) is 0.818. The first-order valence-corrected chi connectivity index (χ1v) is 4.93. The Morgan fingerprint density at radius 3 is 2.14 bits per heavy atom. The van der Waals surface area contributed by atoms with Gasteiger partial charge in [-0.1, -0.05) is 20.8 Å². The van der Waals surface area contributed by atoms with Crippen molar-refractivity contribution in [1.29, 1.82) is 0 Å². The first kappa shape index (κ1) is 11.2. The molecule has 1 saturated carbocycles. The van der Waals surface area contributed by atoms with Crippen LogP contribution in [0.3, 0.4) is 0 Å². The second kappa shape index (κ2) is 3.07. The Kier molecular flexibility index (Phi) is 2.46. The van der Waals surface area contributed by atoms with Crippen molar-refractivity contribution < 1.29 is 14.7 Å². The molecule has 1 aliphatic carbocycles. The van der Waals surface area contributed by atoms with E-state index in [-0.39, 0.29) is 29.0 Å². The monoisotopic (exact) mass is 198 g/mol. The van der Waals surface area contributed by atoms with E-state index in [1.54, 1.807) is 6.92 Å². The van der Waals surface area contributed by atoms with Crippen LogP contribution in [0.2, 0.25) is 0 Å². The molecule has 0 aromatic rings. The van der Waals surface area contributed by atoms with Crippen LogP contribution >= 0.6 is 0 Å². The number of hydrogen-bond donors (Lipinski definition) is 1. The number of rotatable bonds is 3. The van der Waals surface area contributed by atoms with Crippen molar-refractivity contribution in [2.45, 2.75) is 40.5 Å². The zero-order chi connectivity index (χ0) is 11.1. The molecule has 0 spiro atoms. The molecule has 0 saturated heterocycles. The van der Waals surface area contributed by atoms with Gasteiger partial charge in [0.25, 0.3) is 0 Å². The lowest BCUT2D eigenvalue weighted by Crippen LogP contribution is -2.56. The van der Waals surface area contributed by atoms with Gasteiger partial charge in [-0.2, -0.15) is 0 Å². The number of carboxylic acids is 1. The normalized spacial score (nSPS) is 34.7. The number of hydrogen-bond acceptors (Lipinski definition) is 2. The molecule has 1 rings (SSSR count). The number of aliphatic carboxylic acids is 1. The smallest absolute Gasteiger partial charge is 0.303 e. The topological polar surface area (TPSA) is 54.4 Å². The van der Waals surface area contributed by atoms with E-state index in [0.29, 0.717) is 6.42 Å². The Hall–Kier alpha value is -0.860. The molecule has 2 unspecified atom stereocenters. The summed E-state index contributed by atoms with van der Waals surface area (Å²) >= 11 is 0. The van der Waals surface area contributed by atoms with E-state index < -0.39 is 5.97 Å². The minimum absolute atomic E-state index is 0.0341. The summed E-state index contributed by atoms with van der Waals surface area (Å²) in [5, 5.41) is 8.79.